The van der Waals surface area contributed by atoms with E-state index in [-0.39, 0.29) is 97.6 Å². The van der Waals surface area contributed by atoms with Gasteiger partial charge in [0.2, 0.25) is 0 Å². The third-order valence-electron chi connectivity index (χ3n) is 17.5. The molecule has 0 unspecified atom stereocenters. The van der Waals surface area contributed by atoms with Crippen molar-refractivity contribution >= 4 is 91.5 Å². The first-order valence-electron chi connectivity index (χ1n) is 36.2. The summed E-state index contributed by atoms with van der Waals surface area (Å²) in [5.74, 6) is -0.623. The molecule has 26 nitrogen and oxygen atoms in total. The molecule has 0 spiro atoms. The van der Waals surface area contributed by atoms with Crippen molar-refractivity contribution < 1.29 is 67.2 Å². The largest absolute Gasteiger partial charge is 0.507 e. The molecule has 0 aliphatic carbocycles. The average molecular weight is 1850 g/mol. The molecule has 0 atom stereocenters. The zero-order valence-electron chi connectivity index (χ0n) is 65.4. The van der Waals surface area contributed by atoms with Gasteiger partial charge in [-0.1, -0.05) is 131 Å². The van der Waals surface area contributed by atoms with Crippen molar-refractivity contribution in [2.75, 3.05) is 38.5 Å². The Hall–Kier alpha value is -14.6. The van der Waals surface area contributed by atoms with Gasteiger partial charge in [-0.3, -0.25) is 67.0 Å². The number of rotatable bonds is 15. The lowest BCUT2D eigenvalue weighted by molar-refractivity contribution is -0.385. The lowest BCUT2D eigenvalue weighted by Crippen LogP contribution is -2.29. The summed E-state index contributed by atoms with van der Waals surface area (Å²) in [5.41, 5.74) is 26.1. The number of nitrogen functional groups attached to an aromatic ring is 3. The monoisotopic (exact) mass is 1850 g/mol. The molecule has 5 heterocycles. The molecule has 0 aliphatic heterocycles. The van der Waals surface area contributed by atoms with E-state index in [2.05, 4.69) is 38.7 Å². The Labute approximate surface area is 749 Å². The fraction of sp³-hybridized carbons (Fsp3) is 0.0659. The Bertz CT molecular complexity index is 6570. The molecule has 37 heteroatoms. The number of nitro groups is 2. The van der Waals surface area contributed by atoms with E-state index < -0.39 is 27.7 Å². The van der Waals surface area contributed by atoms with Crippen LogP contribution in [0, 0.1) is 49.3 Å². The summed E-state index contributed by atoms with van der Waals surface area (Å²) >= 11 is 20.0. The van der Waals surface area contributed by atoms with E-state index in [1.165, 1.54) is 173 Å². The molecule has 0 saturated heterocycles. The fourth-order valence-electron chi connectivity index (χ4n) is 11.7. The summed E-state index contributed by atoms with van der Waals surface area (Å²) in [6.07, 6.45) is 7.89. The maximum absolute atomic E-state index is 13.2. The molecular weight excluding hydrogens is 1770 g/mol. The second kappa shape index (κ2) is 47.5. The Morgan fingerprint density at radius 1 is 0.398 bits per heavy atom. The molecule has 0 bridgehead atoms. The number of halogens is 9. The van der Waals surface area contributed by atoms with Crippen LogP contribution in [0.3, 0.4) is 0 Å². The van der Waals surface area contributed by atoms with Crippen LogP contribution in [0.1, 0.15) is 23.7 Å². The highest BCUT2D eigenvalue weighted by molar-refractivity contribution is 8.24. The van der Waals surface area contributed by atoms with Gasteiger partial charge in [0, 0.05) is 132 Å². The van der Waals surface area contributed by atoms with Crippen LogP contribution in [0.5, 0.6) is 23.0 Å². The van der Waals surface area contributed by atoms with Gasteiger partial charge in [0.25, 0.3) is 39.2 Å². The quantitative estimate of drug-likeness (QED) is 0.0125. The molecule has 10 N–H and O–H groups in total. The second-order valence-corrected chi connectivity index (χ2v) is 33.0. The topological polar surface area (TPSA) is 391 Å². The van der Waals surface area contributed by atoms with Crippen molar-refractivity contribution in [1.82, 2.24) is 23.3 Å². The predicted molar refractivity (Wildman–Crippen MR) is 499 cm³/mol. The number of pyridine rings is 5. The number of ether oxygens (including phenoxy) is 3. The molecule has 10 aromatic carbocycles. The fourth-order valence-corrected chi connectivity index (χ4v) is 11.9. The molecule has 5 aromatic heterocycles. The number of anilines is 3. The van der Waals surface area contributed by atoms with Gasteiger partial charge in [-0.2, -0.15) is 0 Å². The number of nitro benzene ring substituents is 2. The van der Waals surface area contributed by atoms with Gasteiger partial charge < -0.3 is 51.6 Å². The molecule has 128 heavy (non-hydrogen) atoms. The number of aromatic nitrogens is 5. The first kappa shape index (κ1) is 102. The van der Waals surface area contributed by atoms with Crippen molar-refractivity contribution in [3.63, 3.8) is 0 Å². The van der Waals surface area contributed by atoms with E-state index in [1.54, 1.807) is 158 Å². The number of nitrogens with zero attached hydrogens (tertiary/aromatic N) is 6. The Kier molecular flexibility index (Phi) is 37.9. The van der Waals surface area contributed by atoms with E-state index >= 15 is 0 Å². The predicted octanol–water partition coefficient (Wildman–Crippen LogP) is 20.0. The van der Waals surface area contributed by atoms with Crippen LogP contribution in [0.25, 0.3) is 78.4 Å². The number of aromatic hydroxyl groups is 1. The van der Waals surface area contributed by atoms with Crippen LogP contribution in [0.4, 0.5) is 50.4 Å². The van der Waals surface area contributed by atoms with E-state index in [0.717, 1.165) is 34.4 Å². The summed E-state index contributed by atoms with van der Waals surface area (Å²) in [5, 5.41) is 45.6. The number of nitrogens with two attached hydrogens (primary N) is 3. The summed E-state index contributed by atoms with van der Waals surface area (Å²) in [6, 6.07) is 67.7. The van der Waals surface area contributed by atoms with Gasteiger partial charge in [0.15, 0.2) is 0 Å². The lowest BCUT2D eigenvalue weighted by Gasteiger charge is -2.13. The minimum Gasteiger partial charge on any atom is -0.507 e. The van der Waals surface area contributed by atoms with Crippen LogP contribution in [0.2, 0.25) is 5.02 Å². The van der Waals surface area contributed by atoms with Crippen molar-refractivity contribution in [2.24, 2.45) is 0 Å². The van der Waals surface area contributed by atoms with Gasteiger partial charge in [-0.25, -0.2) is 22.0 Å². The molecule has 0 amide bonds. The van der Waals surface area contributed by atoms with E-state index in [0.29, 0.717) is 95.5 Å². The summed E-state index contributed by atoms with van der Waals surface area (Å²) < 4.78 is 95.9. The van der Waals surface area contributed by atoms with Gasteiger partial charge in [-0.05, 0) is 188 Å². The highest BCUT2D eigenvalue weighted by Crippen LogP contribution is 2.61. The maximum atomic E-state index is 13.2. The lowest BCUT2D eigenvalue weighted by atomic mass is 9.80. The number of hydrogen-bond acceptors (Lipinski definition) is 19. The molecule has 15 aromatic rings. The van der Waals surface area contributed by atoms with Gasteiger partial charge in [-0.15, -0.1) is 0 Å². The highest BCUT2D eigenvalue weighted by atomic mass is 36.0. The normalized spacial score (nSPS) is 10.2. The van der Waals surface area contributed by atoms with E-state index in [9.17, 15) is 75.8 Å². The van der Waals surface area contributed by atoms with E-state index in [4.69, 9.17) is 53.1 Å². The summed E-state index contributed by atoms with van der Waals surface area (Å²) in [4.78, 5) is 82.7. The van der Waals surface area contributed by atoms with Gasteiger partial charge in [0.1, 0.15) is 52.1 Å². The number of aromatic amines is 1. The Morgan fingerprint density at radius 2 is 0.680 bits per heavy atom. The van der Waals surface area contributed by atoms with Crippen LogP contribution < -0.4 is 64.7 Å². The van der Waals surface area contributed by atoms with Crippen molar-refractivity contribution in [3.8, 4) is 101 Å². The number of nitrogens with one attached hydrogen (secondary N) is 1. The van der Waals surface area contributed by atoms with Crippen LogP contribution in [0.15, 0.2) is 328 Å². The average Bonchev–Trinajstić information content (AvgIpc) is 0.802. The third-order valence-corrected chi connectivity index (χ3v) is 17.8. The van der Waals surface area contributed by atoms with Crippen molar-refractivity contribution in [2.45, 2.75) is 22.3 Å². The van der Waals surface area contributed by atoms with Crippen molar-refractivity contribution in [3.05, 3.63) is 410 Å². The number of benzene rings is 10. The maximum Gasteiger partial charge on any atom is 0.488 e. The van der Waals surface area contributed by atoms with Gasteiger partial charge >= 0.3 is 12.3 Å². The van der Waals surface area contributed by atoms with Gasteiger partial charge in [0.05, 0.1) is 58.9 Å². The summed E-state index contributed by atoms with van der Waals surface area (Å²) in [6.45, 7) is 0. The molecule has 0 fully saturated rings. The number of H-pyrrole nitrogens is 1. The summed E-state index contributed by atoms with van der Waals surface area (Å²) in [7, 11) is 2.75. The minimum atomic E-state index is -3.22. The molecular formula is C91H83BCl4F5N10O16P. The third kappa shape index (κ3) is 29.0. The highest BCUT2D eigenvalue weighted by Gasteiger charge is 2.19. The zero-order chi connectivity index (χ0) is 90.9. The molecule has 664 valence electrons. The van der Waals surface area contributed by atoms with Crippen molar-refractivity contribution in [1.29, 1.82) is 0 Å². The first-order chi connectivity index (χ1) is 59.5. The van der Waals surface area contributed by atoms with Crippen LogP contribution in [-0.2, 0) is 4.57 Å². The minimum absolute atomic E-state index is 0. The number of hydrogen-bond donors (Lipinski definition) is 7. The first-order valence-corrected chi connectivity index (χ1v) is 41.0. The SMILES string of the molecule is C.C.C.COc1cc(=O)[nH]cc1-c1ccc(F)cc1.COc1cc(=O)n(-c2cccc(N)c2)cc1-c1ccc(F)cc1.COc1cc(=O)n(-c2cccc([N+](=O)[O-])c2)cc1-c1ccc(F)cc1.Nc1cccc(-n2cc(-c3ccc(F)cc3)c(Cl)cc2=O)c1.Nc1cccc(-n2cc(-c3ccc(F)cc3)c(O)cc2=O)c1.O=P(Cl)(Cl)Cl.O=[N+]([O-])c1cccc(B(O)O)c1.[HH]. The van der Waals surface area contributed by atoms with E-state index in [1.807, 2.05) is 0 Å². The molecule has 0 saturated carbocycles. The smallest absolute Gasteiger partial charge is 0.488 e. The van der Waals surface area contributed by atoms with Crippen LogP contribution >= 0.6 is 50.5 Å². The number of methoxy groups -OCH3 is 3. The Balaban J connectivity index is 0.000000273. The second-order valence-electron chi connectivity index (χ2n) is 26.0. The zero-order valence-corrected chi connectivity index (χ0v) is 69.3. The molecule has 0 radical (unpaired) electrons. The molecule has 0 aliphatic rings. The Morgan fingerprint density at radius 3 is 1.02 bits per heavy atom. The molecule has 15 rings (SSSR count). The number of non-ortho nitro benzene ring substituents is 2. The van der Waals surface area contributed by atoms with Crippen LogP contribution in [-0.4, -0.2) is 76.7 Å². The standard InChI is InChI=1S/C18H13FN2O4.C18H15FN2O2.C17H12ClFN2O.C17H13FN2O2.C12H10FNO2.C6H6BNO4.3CH4.Cl3OP.H2/c1-25-17-10-18(22)20(14-3-2-4-15(9-14)21(23)24)11-16(17)12-5-7-13(19)8-6-12;1-23-17-10-18(22)21(15-4-2-3-14(20)9-15)11-16(17)12-5-7-13(19)8-6-12;18-16-9-17(22)21(14-3-1-2-13(20)8-14)10-15(16)11-4-6-12(19)7-5-11;18-12-6-4-11(5-7-12)15-10-20(17(22)9-16(15)21)14-3-1-2-13(19)8-14;1-16-11-6-12(15)14-7-10(11)8-2-4-9(13)5-3-8;9-7(10)5-2-1-3-6(4-5)8(11)12;;;;1-5(2,3)4;/h2-11H,1H3;2-11H,20H2,1H3;1-10H,20H2;1-10,21H,19H2;2-7H,1H3,(H,14,15);1-4,9-10H;3*1H4;;1H.